The smallest absolute Gasteiger partial charge is 0.309 e. The number of hydrogen-bond acceptors (Lipinski definition) is 4. The van der Waals surface area contributed by atoms with Crippen LogP contribution in [0.1, 0.15) is 13.3 Å². The molecule has 0 amide bonds. The Balaban J connectivity index is 2.76. The molecule has 0 fully saturated rings. The topological polar surface area (TPSA) is 72.7 Å². The van der Waals surface area contributed by atoms with Gasteiger partial charge in [0.25, 0.3) is 5.56 Å². The van der Waals surface area contributed by atoms with Gasteiger partial charge in [0.05, 0.1) is 0 Å². The van der Waals surface area contributed by atoms with Gasteiger partial charge < -0.3 is 4.57 Å². The number of imidazole rings is 1. The van der Waals surface area contributed by atoms with Crippen LogP contribution in [-0.2, 0) is 13.6 Å². The Morgan fingerprint density at radius 1 is 1.47 bits per heavy atom. The molecule has 0 unspecified atom stereocenters. The lowest BCUT2D eigenvalue weighted by Gasteiger charge is -2.04. The lowest BCUT2D eigenvalue weighted by atomic mass is 10.5. The number of nitrogens with zero attached hydrogens (tertiary/aromatic N) is 3. The number of aromatic amines is 1. The first-order chi connectivity index (χ1) is 9.10. The van der Waals surface area contributed by atoms with Gasteiger partial charge in [-0.05, 0) is 6.42 Å². The summed E-state index contributed by atoms with van der Waals surface area (Å²) in [5.74, 6) is 0.909. The maximum Gasteiger partial charge on any atom is 0.329 e. The number of rotatable bonds is 5. The summed E-state index contributed by atoms with van der Waals surface area (Å²) in [6, 6.07) is 0. The van der Waals surface area contributed by atoms with Crippen molar-refractivity contribution in [3.8, 4) is 0 Å². The van der Waals surface area contributed by atoms with Crippen molar-refractivity contribution in [3.63, 3.8) is 0 Å². The molecule has 7 heteroatoms. The molecule has 6 nitrogen and oxygen atoms in total. The first-order valence-corrected chi connectivity index (χ1v) is 7.02. The lowest BCUT2D eigenvalue weighted by molar-refractivity contribution is 0.745. The molecule has 1 N–H and O–H groups in total. The van der Waals surface area contributed by atoms with Crippen LogP contribution in [0, 0.1) is 0 Å². The van der Waals surface area contributed by atoms with Crippen LogP contribution in [0.2, 0.25) is 0 Å². The van der Waals surface area contributed by atoms with Gasteiger partial charge in [-0.2, -0.15) is 0 Å². The molecule has 0 aromatic carbocycles. The van der Waals surface area contributed by atoms with Crippen LogP contribution in [0.3, 0.4) is 0 Å². The highest BCUT2D eigenvalue weighted by molar-refractivity contribution is 7.99. The number of aromatic nitrogens is 4. The van der Waals surface area contributed by atoms with Crippen molar-refractivity contribution in [3.05, 3.63) is 33.5 Å². The van der Waals surface area contributed by atoms with E-state index in [2.05, 4.69) is 23.5 Å². The monoisotopic (exact) mass is 280 g/mol. The van der Waals surface area contributed by atoms with Crippen LogP contribution < -0.4 is 11.2 Å². The van der Waals surface area contributed by atoms with Gasteiger partial charge in [0, 0.05) is 19.3 Å². The van der Waals surface area contributed by atoms with E-state index in [1.54, 1.807) is 29.5 Å². The fourth-order valence-electron chi connectivity index (χ4n) is 1.82. The molecule has 0 saturated carbocycles. The van der Waals surface area contributed by atoms with E-state index in [9.17, 15) is 9.59 Å². The van der Waals surface area contributed by atoms with Crippen molar-refractivity contribution < 1.29 is 0 Å². The molecule has 2 aromatic heterocycles. The summed E-state index contributed by atoms with van der Waals surface area (Å²) < 4.78 is 3.15. The Labute approximate surface area is 114 Å². The molecule has 0 atom stereocenters. The third kappa shape index (κ3) is 2.37. The minimum atomic E-state index is -0.451. The molecule has 2 aromatic rings. The Bertz CT molecular complexity index is 726. The van der Waals surface area contributed by atoms with Gasteiger partial charge in [0.15, 0.2) is 16.3 Å². The molecule has 0 aliphatic heterocycles. The summed E-state index contributed by atoms with van der Waals surface area (Å²) in [5, 5.41) is 0.739. The number of allylic oxidation sites excluding steroid dienone is 1. The van der Waals surface area contributed by atoms with Crippen molar-refractivity contribution in [1.29, 1.82) is 0 Å². The molecule has 0 spiro atoms. The van der Waals surface area contributed by atoms with Crippen molar-refractivity contribution >= 4 is 22.9 Å². The molecule has 0 saturated heterocycles. The van der Waals surface area contributed by atoms with E-state index in [1.165, 1.54) is 4.57 Å². The van der Waals surface area contributed by atoms with Crippen LogP contribution in [0.4, 0.5) is 0 Å². The van der Waals surface area contributed by atoms with E-state index in [-0.39, 0.29) is 0 Å². The molecule has 0 aliphatic rings. The van der Waals surface area contributed by atoms with Crippen molar-refractivity contribution in [2.75, 3.05) is 5.75 Å². The van der Waals surface area contributed by atoms with Crippen molar-refractivity contribution in [2.24, 2.45) is 7.05 Å². The Morgan fingerprint density at radius 2 is 2.21 bits per heavy atom. The highest BCUT2D eigenvalue weighted by Gasteiger charge is 2.16. The van der Waals surface area contributed by atoms with E-state index < -0.39 is 11.2 Å². The molecule has 2 rings (SSSR count). The molecule has 102 valence electrons. The summed E-state index contributed by atoms with van der Waals surface area (Å²) in [6.07, 6.45) is 2.72. The second-order valence-corrected chi connectivity index (χ2v) is 5.19. The summed E-state index contributed by atoms with van der Waals surface area (Å²) in [6.45, 7) is 6.26. The minimum Gasteiger partial charge on any atom is -0.309 e. The number of thioether (sulfide) groups is 1. The predicted octanol–water partition coefficient (Wildman–Crippen LogP) is 1.11. The quantitative estimate of drug-likeness (QED) is 0.658. The fraction of sp³-hybridized carbons (Fsp3) is 0.417. The zero-order valence-corrected chi connectivity index (χ0v) is 11.8. The second-order valence-electron chi connectivity index (χ2n) is 4.13. The SMILES string of the molecule is C=CCn1c(SCCC)nc2c1c(=O)[nH]c(=O)n2C. The predicted molar refractivity (Wildman–Crippen MR) is 76.8 cm³/mol. The first-order valence-electron chi connectivity index (χ1n) is 6.03. The number of nitrogens with one attached hydrogen (secondary N) is 1. The molecule has 19 heavy (non-hydrogen) atoms. The van der Waals surface area contributed by atoms with Gasteiger partial charge in [-0.15, -0.1) is 6.58 Å². The number of fused-ring (bicyclic) bond motifs is 1. The van der Waals surface area contributed by atoms with Crippen LogP contribution in [-0.4, -0.2) is 24.9 Å². The number of aryl methyl sites for hydroxylation is 1. The Kier molecular flexibility index (Phi) is 3.94. The van der Waals surface area contributed by atoms with E-state index in [0.717, 1.165) is 17.3 Å². The van der Waals surface area contributed by atoms with E-state index in [4.69, 9.17) is 0 Å². The van der Waals surface area contributed by atoms with E-state index >= 15 is 0 Å². The Hall–Kier alpha value is -1.76. The summed E-state index contributed by atoms with van der Waals surface area (Å²) in [7, 11) is 1.60. The van der Waals surface area contributed by atoms with E-state index in [0.29, 0.717) is 17.7 Å². The maximum atomic E-state index is 12.0. The van der Waals surface area contributed by atoms with Gasteiger partial charge >= 0.3 is 5.69 Å². The van der Waals surface area contributed by atoms with Gasteiger partial charge in [0.1, 0.15) is 0 Å². The zero-order chi connectivity index (χ0) is 14.0. The van der Waals surface area contributed by atoms with Crippen LogP contribution >= 0.6 is 11.8 Å². The third-order valence-electron chi connectivity index (χ3n) is 2.72. The highest BCUT2D eigenvalue weighted by atomic mass is 32.2. The largest absolute Gasteiger partial charge is 0.329 e. The van der Waals surface area contributed by atoms with Crippen molar-refractivity contribution in [1.82, 2.24) is 19.1 Å². The van der Waals surface area contributed by atoms with Gasteiger partial charge in [-0.3, -0.25) is 14.3 Å². The summed E-state index contributed by atoms with van der Waals surface area (Å²) in [5.41, 5.74) is -0.0293. The molecular formula is C12H16N4O2S. The molecular weight excluding hydrogens is 264 g/mol. The first kappa shape index (κ1) is 13.7. The van der Waals surface area contributed by atoms with Gasteiger partial charge in [-0.1, -0.05) is 24.8 Å². The second kappa shape index (κ2) is 5.48. The average Bonchev–Trinajstić information content (AvgIpc) is 2.74. The fourth-order valence-corrected chi connectivity index (χ4v) is 2.68. The van der Waals surface area contributed by atoms with Gasteiger partial charge in [0.2, 0.25) is 0 Å². The van der Waals surface area contributed by atoms with Crippen LogP contribution in [0.15, 0.2) is 27.4 Å². The molecule has 0 bridgehead atoms. The van der Waals surface area contributed by atoms with Crippen LogP contribution in [0.5, 0.6) is 0 Å². The summed E-state index contributed by atoms with van der Waals surface area (Å²) in [4.78, 5) is 30.2. The normalized spacial score (nSPS) is 11.1. The number of hydrogen-bond donors (Lipinski definition) is 1. The van der Waals surface area contributed by atoms with Crippen molar-refractivity contribution in [2.45, 2.75) is 25.0 Å². The van der Waals surface area contributed by atoms with E-state index in [1.807, 2.05) is 0 Å². The average molecular weight is 280 g/mol. The Morgan fingerprint density at radius 3 is 2.84 bits per heavy atom. The zero-order valence-electron chi connectivity index (χ0n) is 11.0. The lowest BCUT2D eigenvalue weighted by Crippen LogP contribution is -2.29. The summed E-state index contributed by atoms with van der Waals surface area (Å²) >= 11 is 1.57. The minimum absolute atomic E-state index is 0.407. The molecule has 2 heterocycles. The maximum absolute atomic E-state index is 12.0. The third-order valence-corrected chi connectivity index (χ3v) is 3.90. The molecule has 0 radical (unpaired) electrons. The van der Waals surface area contributed by atoms with Gasteiger partial charge in [-0.25, -0.2) is 9.78 Å². The molecule has 0 aliphatic carbocycles. The highest BCUT2D eigenvalue weighted by Crippen LogP contribution is 2.21. The standard InChI is InChI=1S/C12H16N4O2S/c1-4-6-16-8-9(13-12(16)19-7-5-2)15(3)11(18)14-10(8)17/h4H,1,5-7H2,2-3H3,(H,14,17,18). The number of H-pyrrole nitrogens is 1. The van der Waals surface area contributed by atoms with Crippen LogP contribution in [0.25, 0.3) is 11.2 Å².